The SMILES string of the molecule is CC(=O)N[C@@H](Cc1ccccc1)C(=O)N1C[C@H](N)C[C@H]1C(=O)N1CCC[C@H]1C(=O)NCC(=O)N1C[C@H](N)C[C@H]1C(=O)N1CCC[C@H]1C(=O)NCC(=O)N1C[C@H](N)C[C@H]1C(=O)N1CCC[C@H]1C(=O)NCC(=O)N1C[C@H](N)C[C@H]1C(=O)N1CCC[C@H]1C(=O)NCC(=O)N1C[C@H](N)C[C@H]1C(=O)N1CCC[C@H]1C(=O)NCC(=O)N1C[C@H](N)C[C@H]1C(=O)N1CCC[C@H]1C(=O)NCC(N)=O. The first kappa shape index (κ1) is 95.0. The van der Waals surface area contributed by atoms with Gasteiger partial charge in [-0.25, -0.2) is 0 Å². The van der Waals surface area contributed by atoms with E-state index in [1.54, 1.807) is 12.1 Å². The summed E-state index contributed by atoms with van der Waals surface area (Å²) in [6.45, 7) is -1.46. The Balaban J connectivity index is 0.544. The second-order valence-corrected chi connectivity index (χ2v) is 36.1. The molecule has 0 bridgehead atoms. The van der Waals surface area contributed by atoms with E-state index in [4.69, 9.17) is 40.1 Å². The Morgan fingerprint density at radius 3 is 0.721 bits per heavy atom. The second kappa shape index (κ2) is 41.4. The van der Waals surface area contributed by atoms with Gasteiger partial charge in [-0.1, -0.05) is 30.3 Å². The Bertz CT molecular complexity index is 4530. The standard InChI is InChI=1S/C83H122N26O20/c1-44(110)97-52(25-45-11-3-2-4-12-45)77(123)109-43-51(89)31-64(109)83(129)103-24-10-18-58(103)76(122)96-37-70(116)108-42-50(88)30-63(108)82(128)102-23-9-17-57(102)75(121)95-36-69(115)107-41-49(87)29-62(107)81(127)101-22-8-16-56(101)74(120)94-35-68(114)106-40-48(86)28-61(106)80(126)100-21-7-15-55(100)73(119)93-34-67(113)105-39-47(85)27-60(105)79(125)99-20-6-14-54(99)72(118)92-33-66(112)104-38-46(84)26-59(104)78(124)98-19-5-13-53(98)71(117)91-32-65(90)111/h2-4,11-12,46-64H,5-10,13-43,84-89H2,1H3,(H2,90,111)(H,91,117)(H,92,118)(H,93,119)(H,94,120)(H,95,121)(H,96,122)(H,97,110)/t46-,47-,48-,49-,50-,51-,52+,53+,54+,55+,56+,57+,58+,59+,60+,61+,62+,63+,64+/m1/s1. The van der Waals surface area contributed by atoms with Gasteiger partial charge in [0.1, 0.15) is 78.5 Å². The van der Waals surface area contributed by atoms with E-state index in [1.165, 1.54) is 65.7 Å². The summed E-state index contributed by atoms with van der Waals surface area (Å²) in [6, 6.07) is -8.59. The summed E-state index contributed by atoms with van der Waals surface area (Å²) >= 11 is 0. The topological polar surface area (TPSA) is 647 Å². The smallest absolute Gasteiger partial charge is 0.246 e. The minimum Gasteiger partial charge on any atom is -0.368 e. The summed E-state index contributed by atoms with van der Waals surface area (Å²) in [4.78, 5) is 293. The van der Waals surface area contributed by atoms with Gasteiger partial charge in [0, 0.05) is 128 Å². The summed E-state index contributed by atoms with van der Waals surface area (Å²) in [5, 5.41) is 18.3. The molecule has 0 unspecified atom stereocenters. The lowest BCUT2D eigenvalue weighted by Gasteiger charge is -2.33. The Hall–Kier alpha value is -11.6. The van der Waals surface area contributed by atoms with Gasteiger partial charge in [-0.15, -0.1) is 0 Å². The quantitative estimate of drug-likeness (QED) is 0.0370. The van der Waals surface area contributed by atoms with Crippen molar-refractivity contribution < 1.29 is 95.9 Å². The van der Waals surface area contributed by atoms with Crippen LogP contribution in [0.25, 0.3) is 0 Å². The van der Waals surface area contributed by atoms with Crippen LogP contribution in [0.2, 0.25) is 0 Å². The lowest BCUT2D eigenvalue weighted by atomic mass is 10.0. The fourth-order valence-electron chi connectivity index (χ4n) is 20.9. The fraction of sp³-hybridized carbons (Fsp3) is 0.687. The van der Waals surface area contributed by atoms with Crippen LogP contribution in [0.5, 0.6) is 0 Å². The van der Waals surface area contributed by atoms with Gasteiger partial charge in [-0.05, 0) is 121 Å². The molecule has 20 amide bonds. The normalized spacial score (nSPS) is 29.2. The number of nitrogens with two attached hydrogens (primary N) is 7. The number of primary amides is 1. The lowest BCUT2D eigenvalue weighted by Crippen LogP contribution is -2.57. The maximum Gasteiger partial charge on any atom is 0.246 e. The van der Waals surface area contributed by atoms with Crippen molar-refractivity contribution in [1.29, 1.82) is 0 Å². The molecule has 12 aliphatic rings. The summed E-state index contributed by atoms with van der Waals surface area (Å²) < 4.78 is 0. The molecular formula is C83H122N26O20. The molecule has 704 valence electrons. The van der Waals surface area contributed by atoms with E-state index >= 15 is 0 Å². The Morgan fingerprint density at radius 1 is 0.295 bits per heavy atom. The highest BCUT2D eigenvalue weighted by Gasteiger charge is 2.53. The molecule has 12 aliphatic heterocycles. The number of carbonyl (C=O) groups is 20. The zero-order chi connectivity index (χ0) is 92.7. The summed E-state index contributed by atoms with van der Waals surface area (Å²) in [7, 11) is 0. The minimum absolute atomic E-state index is 0.00485. The maximum absolute atomic E-state index is 14.6. The molecule has 0 saturated carbocycles. The van der Waals surface area contributed by atoms with Gasteiger partial charge < -0.3 is 136 Å². The number of likely N-dealkylation sites (tertiary alicyclic amines) is 12. The number of rotatable bonds is 28. The Labute approximate surface area is 744 Å². The van der Waals surface area contributed by atoms with Gasteiger partial charge in [0.2, 0.25) is 118 Å². The van der Waals surface area contributed by atoms with Crippen molar-refractivity contribution in [3.05, 3.63) is 35.9 Å². The van der Waals surface area contributed by atoms with Crippen molar-refractivity contribution in [1.82, 2.24) is 96.0 Å². The number of hydrogen-bond acceptors (Lipinski definition) is 26. The van der Waals surface area contributed by atoms with Crippen LogP contribution >= 0.6 is 0 Å². The average molecular weight is 1800 g/mol. The van der Waals surface area contributed by atoms with E-state index in [9.17, 15) is 95.9 Å². The van der Waals surface area contributed by atoms with E-state index < -0.39 is 272 Å². The maximum atomic E-state index is 14.6. The van der Waals surface area contributed by atoms with Crippen LogP contribution < -0.4 is 77.4 Å². The number of hydrogen-bond donors (Lipinski definition) is 14. The molecule has 0 aromatic heterocycles. The Morgan fingerprint density at radius 2 is 0.504 bits per heavy atom. The predicted molar refractivity (Wildman–Crippen MR) is 452 cm³/mol. The molecular weight excluding hydrogens is 1680 g/mol. The van der Waals surface area contributed by atoms with Crippen LogP contribution in [0.4, 0.5) is 0 Å². The first-order valence-electron chi connectivity index (χ1n) is 45.0. The third-order valence-electron chi connectivity index (χ3n) is 27.1. The molecule has 46 nitrogen and oxygen atoms in total. The van der Waals surface area contributed by atoms with Gasteiger partial charge in [0.15, 0.2) is 0 Å². The molecule has 12 fully saturated rings. The van der Waals surface area contributed by atoms with Crippen molar-refractivity contribution in [3.63, 3.8) is 0 Å². The number of nitrogens with zero attached hydrogens (tertiary/aromatic N) is 12. The number of benzene rings is 1. The molecule has 0 aliphatic carbocycles. The molecule has 0 spiro atoms. The van der Waals surface area contributed by atoms with Crippen LogP contribution in [-0.2, 0) is 102 Å². The van der Waals surface area contributed by atoms with Gasteiger partial charge in [0.05, 0.1) is 39.3 Å². The van der Waals surface area contributed by atoms with Crippen molar-refractivity contribution in [2.75, 3.05) is 118 Å². The second-order valence-electron chi connectivity index (χ2n) is 36.1. The van der Waals surface area contributed by atoms with Crippen LogP contribution in [0, 0.1) is 0 Å². The van der Waals surface area contributed by atoms with Gasteiger partial charge in [0.25, 0.3) is 0 Å². The molecule has 46 heteroatoms. The van der Waals surface area contributed by atoms with Crippen molar-refractivity contribution in [2.24, 2.45) is 40.1 Å². The Kier molecular flexibility index (Phi) is 30.5. The first-order chi connectivity index (χ1) is 61.5. The highest BCUT2D eigenvalue weighted by Crippen LogP contribution is 2.34. The zero-order valence-electron chi connectivity index (χ0n) is 72.6. The largest absolute Gasteiger partial charge is 0.368 e. The number of nitrogens with one attached hydrogen (secondary N) is 7. The highest BCUT2D eigenvalue weighted by atomic mass is 16.2. The molecule has 1 aromatic rings. The molecule has 12 heterocycles. The average Bonchev–Trinajstić information content (AvgIpc) is 1.68. The highest BCUT2D eigenvalue weighted by molar-refractivity contribution is 6.02. The number of amides is 20. The molecule has 0 radical (unpaired) electrons. The molecule has 1 aromatic carbocycles. The third kappa shape index (κ3) is 21.5. The van der Waals surface area contributed by atoms with E-state index in [0.29, 0.717) is 44.9 Å². The van der Waals surface area contributed by atoms with Crippen LogP contribution in [-0.4, -0.2) is 410 Å². The van der Waals surface area contributed by atoms with Crippen molar-refractivity contribution in [2.45, 2.75) is 244 Å². The molecule has 19 atom stereocenters. The van der Waals surface area contributed by atoms with Crippen molar-refractivity contribution in [3.8, 4) is 0 Å². The molecule has 13 rings (SSSR count). The molecule has 12 saturated heterocycles. The van der Waals surface area contributed by atoms with E-state index in [1.807, 2.05) is 18.2 Å². The van der Waals surface area contributed by atoms with Gasteiger partial charge in [-0.2, -0.15) is 0 Å². The summed E-state index contributed by atoms with van der Waals surface area (Å²) in [5.74, 6) is -12.3. The third-order valence-corrected chi connectivity index (χ3v) is 27.1. The van der Waals surface area contributed by atoms with E-state index in [-0.39, 0.29) is 156 Å². The lowest BCUT2D eigenvalue weighted by molar-refractivity contribution is -0.148. The first-order valence-corrected chi connectivity index (χ1v) is 45.0. The fourth-order valence-corrected chi connectivity index (χ4v) is 20.9. The van der Waals surface area contributed by atoms with E-state index in [2.05, 4.69) is 37.2 Å². The zero-order valence-corrected chi connectivity index (χ0v) is 72.6. The molecule has 21 N–H and O–H groups in total. The van der Waals surface area contributed by atoms with Crippen LogP contribution in [0.1, 0.15) is 128 Å². The number of carbonyl (C=O) groups excluding carboxylic acids is 20. The molecule has 129 heavy (non-hydrogen) atoms. The monoisotopic (exact) mass is 1800 g/mol. The van der Waals surface area contributed by atoms with Gasteiger partial charge >= 0.3 is 0 Å². The van der Waals surface area contributed by atoms with Crippen LogP contribution in [0.3, 0.4) is 0 Å². The van der Waals surface area contributed by atoms with E-state index in [0.717, 1.165) is 5.56 Å². The minimum atomic E-state index is -1.16. The predicted octanol–water partition coefficient (Wildman–Crippen LogP) is -11.6. The van der Waals surface area contributed by atoms with Gasteiger partial charge in [-0.3, -0.25) is 95.9 Å². The summed E-state index contributed by atoms with van der Waals surface area (Å²) in [6.07, 6.45) is 4.29. The summed E-state index contributed by atoms with van der Waals surface area (Å²) in [5.41, 5.74) is 44.1. The van der Waals surface area contributed by atoms with Crippen molar-refractivity contribution >= 4 is 118 Å². The van der Waals surface area contributed by atoms with Crippen LogP contribution in [0.15, 0.2) is 30.3 Å².